The molecule has 0 saturated carbocycles. The summed E-state index contributed by atoms with van der Waals surface area (Å²) in [6, 6.07) is 0. The van der Waals surface area contributed by atoms with Crippen molar-refractivity contribution < 1.29 is 19.4 Å². The van der Waals surface area contributed by atoms with E-state index < -0.39 is 5.97 Å². The van der Waals surface area contributed by atoms with E-state index in [1.54, 1.807) is 0 Å². The topological polar surface area (TPSA) is 55.8 Å². The Balaban J connectivity index is 2.95. The highest BCUT2D eigenvalue weighted by molar-refractivity contribution is 5.67. The normalized spacial score (nSPS) is 11.0. The maximum absolute atomic E-state index is 10.2. The van der Waals surface area contributed by atoms with Gasteiger partial charge in [0.15, 0.2) is 0 Å². The van der Waals surface area contributed by atoms with Gasteiger partial charge in [-0.1, -0.05) is 64.2 Å². The Kier molecular flexibility index (Phi) is 17.9. The van der Waals surface area contributed by atoms with E-state index in [4.69, 9.17) is 14.6 Å². The van der Waals surface area contributed by atoms with Crippen LogP contribution in [0.25, 0.3) is 0 Å². The summed E-state index contributed by atoms with van der Waals surface area (Å²) in [4.78, 5) is 10.2. The molecule has 0 amide bonds. The second-order valence-corrected chi connectivity index (χ2v) is 5.89. The quantitative estimate of drug-likeness (QED) is 0.369. The predicted molar refractivity (Wildman–Crippen MR) is 90.4 cm³/mol. The molecule has 4 heteroatoms. The van der Waals surface area contributed by atoms with Crippen molar-refractivity contribution in [2.75, 3.05) is 26.4 Å². The number of hydrogen-bond acceptors (Lipinski definition) is 3. The molecule has 0 aliphatic rings. The molecule has 22 heavy (non-hydrogen) atoms. The van der Waals surface area contributed by atoms with Crippen LogP contribution in [0.15, 0.2) is 0 Å². The van der Waals surface area contributed by atoms with Gasteiger partial charge in [-0.3, -0.25) is 0 Å². The maximum Gasteiger partial charge on any atom is 0.329 e. The summed E-state index contributed by atoms with van der Waals surface area (Å²) in [5.41, 5.74) is 0. The molecule has 0 radical (unpaired) electrons. The lowest BCUT2D eigenvalue weighted by Crippen LogP contribution is -2.07. The molecule has 0 aromatic rings. The molecule has 0 fully saturated rings. The third kappa shape index (κ3) is 19.4. The van der Waals surface area contributed by atoms with Gasteiger partial charge in [-0.05, 0) is 19.8 Å². The van der Waals surface area contributed by atoms with Gasteiger partial charge < -0.3 is 14.6 Å². The molecule has 0 aromatic heterocycles. The molecule has 0 unspecified atom stereocenters. The fourth-order valence-corrected chi connectivity index (χ4v) is 2.48. The largest absolute Gasteiger partial charge is 0.480 e. The van der Waals surface area contributed by atoms with Crippen LogP contribution < -0.4 is 0 Å². The molecule has 1 N–H and O–H groups in total. The third-order valence-electron chi connectivity index (χ3n) is 3.76. The smallest absolute Gasteiger partial charge is 0.329 e. The van der Waals surface area contributed by atoms with Gasteiger partial charge in [-0.2, -0.15) is 0 Å². The summed E-state index contributed by atoms with van der Waals surface area (Å²) in [5, 5.41) is 8.41. The molecular formula is C18H36O4. The van der Waals surface area contributed by atoms with E-state index in [1.165, 1.54) is 64.2 Å². The zero-order valence-electron chi connectivity index (χ0n) is 14.5. The zero-order valence-corrected chi connectivity index (χ0v) is 14.5. The summed E-state index contributed by atoms with van der Waals surface area (Å²) < 4.78 is 10.3. The van der Waals surface area contributed by atoms with Crippen molar-refractivity contribution in [2.24, 2.45) is 0 Å². The van der Waals surface area contributed by atoms with E-state index in [-0.39, 0.29) is 6.61 Å². The van der Waals surface area contributed by atoms with E-state index >= 15 is 0 Å². The highest BCUT2D eigenvalue weighted by Gasteiger charge is 1.96. The lowest BCUT2D eigenvalue weighted by molar-refractivity contribution is -0.142. The summed E-state index contributed by atoms with van der Waals surface area (Å²) in [6.45, 7) is 4.24. The van der Waals surface area contributed by atoms with Crippen LogP contribution in [0.5, 0.6) is 0 Å². The van der Waals surface area contributed by atoms with Crippen LogP contribution in [0.4, 0.5) is 0 Å². The van der Waals surface area contributed by atoms with Gasteiger partial charge in [0.25, 0.3) is 0 Å². The summed E-state index contributed by atoms with van der Waals surface area (Å²) in [7, 11) is 0. The first-order valence-corrected chi connectivity index (χ1v) is 9.14. The number of aliphatic carboxylic acids is 1. The van der Waals surface area contributed by atoms with Crippen LogP contribution in [-0.4, -0.2) is 37.5 Å². The van der Waals surface area contributed by atoms with Crippen molar-refractivity contribution in [3.05, 3.63) is 0 Å². The minimum absolute atomic E-state index is 0.161. The summed E-state index contributed by atoms with van der Waals surface area (Å²) in [6.07, 6.45) is 15.3. The molecule has 0 atom stereocenters. The molecule has 132 valence electrons. The van der Waals surface area contributed by atoms with Crippen LogP contribution in [-0.2, 0) is 14.3 Å². The van der Waals surface area contributed by atoms with Crippen molar-refractivity contribution in [1.29, 1.82) is 0 Å². The Morgan fingerprint density at radius 3 is 1.41 bits per heavy atom. The van der Waals surface area contributed by atoms with Crippen LogP contribution in [0.2, 0.25) is 0 Å². The first-order chi connectivity index (χ1) is 10.8. The van der Waals surface area contributed by atoms with E-state index in [1.807, 2.05) is 6.92 Å². The first kappa shape index (κ1) is 21.4. The molecule has 0 heterocycles. The Morgan fingerprint density at radius 2 is 1.05 bits per heavy atom. The van der Waals surface area contributed by atoms with E-state index in [2.05, 4.69) is 0 Å². The Labute approximate surface area is 136 Å². The number of ether oxygens (including phenoxy) is 2. The predicted octanol–water partition coefficient (Wildman–Crippen LogP) is 4.81. The second-order valence-electron chi connectivity index (χ2n) is 5.89. The molecule has 4 nitrogen and oxygen atoms in total. The fraction of sp³-hybridized carbons (Fsp3) is 0.944. The van der Waals surface area contributed by atoms with E-state index in [0.717, 1.165) is 26.1 Å². The van der Waals surface area contributed by atoms with Crippen LogP contribution >= 0.6 is 0 Å². The number of carboxylic acids is 1. The number of unbranched alkanes of at least 4 members (excludes halogenated alkanes) is 11. The molecular weight excluding hydrogens is 280 g/mol. The monoisotopic (exact) mass is 316 g/mol. The van der Waals surface area contributed by atoms with Crippen molar-refractivity contribution >= 4 is 5.97 Å². The summed E-state index contributed by atoms with van der Waals surface area (Å²) >= 11 is 0. The van der Waals surface area contributed by atoms with Crippen LogP contribution in [0, 0.1) is 0 Å². The molecule has 0 saturated heterocycles. The third-order valence-corrected chi connectivity index (χ3v) is 3.76. The van der Waals surface area contributed by atoms with Gasteiger partial charge >= 0.3 is 5.97 Å². The van der Waals surface area contributed by atoms with E-state index in [9.17, 15) is 4.79 Å². The number of carboxylic acid groups (broad SMARTS) is 1. The number of rotatable bonds is 18. The Hall–Kier alpha value is -0.610. The van der Waals surface area contributed by atoms with Crippen molar-refractivity contribution in [1.82, 2.24) is 0 Å². The second kappa shape index (κ2) is 18.4. The Morgan fingerprint density at radius 1 is 0.682 bits per heavy atom. The standard InChI is InChI=1S/C18H36O4/c1-2-21-15-13-11-9-7-5-3-4-6-8-10-12-14-16-22-17-18(19)20/h2-17H2,1H3,(H,19,20). The highest BCUT2D eigenvalue weighted by atomic mass is 16.5. The molecule has 0 aliphatic carbocycles. The number of hydrogen-bond donors (Lipinski definition) is 1. The lowest BCUT2D eigenvalue weighted by atomic mass is 10.1. The van der Waals surface area contributed by atoms with Crippen LogP contribution in [0.1, 0.15) is 84.0 Å². The van der Waals surface area contributed by atoms with Crippen molar-refractivity contribution in [3.8, 4) is 0 Å². The van der Waals surface area contributed by atoms with Gasteiger partial charge in [-0.15, -0.1) is 0 Å². The van der Waals surface area contributed by atoms with Gasteiger partial charge in [0, 0.05) is 19.8 Å². The molecule has 0 aromatic carbocycles. The SMILES string of the molecule is CCOCCCCCCCCCCCCCCOCC(=O)O. The minimum Gasteiger partial charge on any atom is -0.480 e. The van der Waals surface area contributed by atoms with Gasteiger partial charge in [-0.25, -0.2) is 4.79 Å². The van der Waals surface area contributed by atoms with Crippen molar-refractivity contribution in [2.45, 2.75) is 84.0 Å². The van der Waals surface area contributed by atoms with E-state index in [0.29, 0.717) is 6.61 Å². The average Bonchev–Trinajstić information content (AvgIpc) is 2.50. The maximum atomic E-state index is 10.2. The molecule has 0 rings (SSSR count). The lowest BCUT2D eigenvalue weighted by Gasteiger charge is -2.04. The van der Waals surface area contributed by atoms with Gasteiger partial charge in [0.05, 0.1) is 0 Å². The minimum atomic E-state index is -0.880. The summed E-state index contributed by atoms with van der Waals surface area (Å²) in [5.74, 6) is -0.880. The van der Waals surface area contributed by atoms with Crippen LogP contribution in [0.3, 0.4) is 0 Å². The van der Waals surface area contributed by atoms with Gasteiger partial charge in [0.2, 0.25) is 0 Å². The molecule has 0 spiro atoms. The van der Waals surface area contributed by atoms with Crippen molar-refractivity contribution in [3.63, 3.8) is 0 Å². The highest BCUT2D eigenvalue weighted by Crippen LogP contribution is 2.12. The number of carbonyl (C=O) groups is 1. The zero-order chi connectivity index (χ0) is 16.3. The first-order valence-electron chi connectivity index (χ1n) is 9.14. The Bertz CT molecular complexity index is 231. The average molecular weight is 316 g/mol. The molecule has 0 aliphatic heterocycles. The molecule has 0 bridgehead atoms. The van der Waals surface area contributed by atoms with Gasteiger partial charge in [0.1, 0.15) is 6.61 Å². The fourth-order valence-electron chi connectivity index (χ4n) is 2.48.